The molecule has 2 aliphatic rings. The number of hydrogen-bond donors (Lipinski definition) is 1. The number of fused-ring (bicyclic) bond motifs is 1. The Labute approximate surface area is 150 Å². The van der Waals surface area contributed by atoms with E-state index in [4.69, 9.17) is 0 Å². The van der Waals surface area contributed by atoms with Crippen molar-refractivity contribution >= 4 is 29.3 Å². The van der Waals surface area contributed by atoms with Crippen LogP contribution in [0.4, 0.5) is 5.69 Å². The fourth-order valence-corrected chi connectivity index (χ4v) is 5.56. The normalized spacial score (nSPS) is 27.6. The van der Waals surface area contributed by atoms with Crippen LogP contribution in [-0.2, 0) is 9.59 Å². The molecule has 1 saturated carbocycles. The molecule has 1 saturated heterocycles. The van der Waals surface area contributed by atoms with Crippen molar-refractivity contribution in [3.05, 3.63) is 39.9 Å². The number of imide groups is 1. The molecular weight excluding hydrogens is 340 g/mol. The fourth-order valence-electron chi connectivity index (χ4n) is 3.86. The highest BCUT2D eigenvalue weighted by atomic mass is 32.2. The number of nitrogens with zero attached hydrogens (tertiary/aromatic N) is 1. The van der Waals surface area contributed by atoms with Gasteiger partial charge in [0.05, 0.1) is 10.8 Å². The number of thioether (sulfide) groups is 1. The highest BCUT2D eigenvalue weighted by Crippen LogP contribution is 2.61. The van der Waals surface area contributed by atoms with Gasteiger partial charge in [0.1, 0.15) is 4.75 Å². The van der Waals surface area contributed by atoms with Crippen LogP contribution in [0, 0.1) is 16.0 Å². The SMILES string of the molecule is CCCCCCSC12C(=O)NC(=O)C1CC2c1cccc([N+](=O)[O-])c1. The van der Waals surface area contributed by atoms with Crippen molar-refractivity contribution in [1.82, 2.24) is 5.32 Å². The van der Waals surface area contributed by atoms with Gasteiger partial charge in [-0.2, -0.15) is 0 Å². The predicted octanol–water partition coefficient (Wildman–Crippen LogP) is 3.41. The van der Waals surface area contributed by atoms with Gasteiger partial charge >= 0.3 is 0 Å². The summed E-state index contributed by atoms with van der Waals surface area (Å²) in [5.41, 5.74) is 0.796. The first-order chi connectivity index (χ1) is 12.0. The highest BCUT2D eigenvalue weighted by molar-refractivity contribution is 8.01. The largest absolute Gasteiger partial charge is 0.295 e. The summed E-state index contributed by atoms with van der Waals surface area (Å²) in [6.45, 7) is 2.15. The molecule has 0 aromatic heterocycles. The smallest absolute Gasteiger partial charge is 0.269 e. The molecule has 6 nitrogen and oxygen atoms in total. The molecule has 7 heteroatoms. The van der Waals surface area contributed by atoms with Crippen LogP contribution in [0.15, 0.2) is 24.3 Å². The van der Waals surface area contributed by atoms with Gasteiger partial charge in [-0.3, -0.25) is 25.0 Å². The van der Waals surface area contributed by atoms with Crippen molar-refractivity contribution in [2.75, 3.05) is 5.75 Å². The van der Waals surface area contributed by atoms with E-state index >= 15 is 0 Å². The number of carbonyl (C=O) groups is 2. The summed E-state index contributed by atoms with van der Waals surface area (Å²) in [6, 6.07) is 6.46. The Morgan fingerprint density at radius 2 is 2.08 bits per heavy atom. The summed E-state index contributed by atoms with van der Waals surface area (Å²) in [5.74, 6) is -0.0817. The first-order valence-electron chi connectivity index (χ1n) is 8.74. The van der Waals surface area contributed by atoms with Gasteiger partial charge in [0.2, 0.25) is 11.8 Å². The van der Waals surface area contributed by atoms with Gasteiger partial charge in [-0.1, -0.05) is 38.3 Å². The Bertz CT molecular complexity index is 708. The third-order valence-corrected chi connectivity index (χ3v) is 6.96. The molecule has 1 aromatic rings. The lowest BCUT2D eigenvalue weighted by molar-refractivity contribution is -0.384. The van der Waals surface area contributed by atoms with Gasteiger partial charge in [0.25, 0.3) is 5.69 Å². The molecule has 0 spiro atoms. The van der Waals surface area contributed by atoms with Gasteiger partial charge in [-0.05, 0) is 24.2 Å². The number of nitrogens with one attached hydrogen (secondary N) is 1. The zero-order valence-electron chi connectivity index (χ0n) is 14.2. The summed E-state index contributed by atoms with van der Waals surface area (Å²) in [5, 5.41) is 13.5. The van der Waals surface area contributed by atoms with Gasteiger partial charge in [0, 0.05) is 18.1 Å². The van der Waals surface area contributed by atoms with E-state index in [-0.39, 0.29) is 29.3 Å². The summed E-state index contributed by atoms with van der Waals surface area (Å²) < 4.78 is -0.793. The maximum atomic E-state index is 12.6. The number of nitro groups is 1. The zero-order valence-corrected chi connectivity index (χ0v) is 15.0. The first kappa shape index (κ1) is 17.9. The molecule has 134 valence electrons. The van der Waals surface area contributed by atoms with Crippen molar-refractivity contribution in [2.24, 2.45) is 5.92 Å². The second-order valence-electron chi connectivity index (χ2n) is 6.71. The van der Waals surface area contributed by atoms with Crippen LogP contribution in [0.1, 0.15) is 50.5 Å². The number of hydrogen-bond acceptors (Lipinski definition) is 5. The lowest BCUT2D eigenvalue weighted by Crippen LogP contribution is -2.54. The predicted molar refractivity (Wildman–Crippen MR) is 96.4 cm³/mol. The number of carbonyl (C=O) groups excluding carboxylic acids is 2. The van der Waals surface area contributed by atoms with Crippen LogP contribution >= 0.6 is 11.8 Å². The third kappa shape index (κ3) is 3.05. The Morgan fingerprint density at radius 3 is 2.76 bits per heavy atom. The average Bonchev–Trinajstić information content (AvgIpc) is 2.74. The van der Waals surface area contributed by atoms with Crippen molar-refractivity contribution in [1.29, 1.82) is 0 Å². The molecular formula is C18H22N2O4S. The van der Waals surface area contributed by atoms with Gasteiger partial charge in [-0.25, -0.2) is 0 Å². The molecule has 1 N–H and O–H groups in total. The topological polar surface area (TPSA) is 89.3 Å². The lowest BCUT2D eigenvalue weighted by Gasteiger charge is -2.48. The lowest BCUT2D eigenvalue weighted by atomic mass is 9.62. The summed E-state index contributed by atoms with van der Waals surface area (Å²) in [7, 11) is 0. The number of benzene rings is 1. The number of unbranched alkanes of at least 4 members (excludes halogenated alkanes) is 3. The maximum absolute atomic E-state index is 12.6. The molecule has 0 bridgehead atoms. The minimum atomic E-state index is -0.793. The molecule has 3 rings (SSSR count). The standard InChI is InChI=1S/C18H22N2O4S/c1-2-3-4-5-9-25-18-14(11-15(18)16(21)19-17(18)22)12-7-6-8-13(10-12)20(23)24/h6-8,10,14-15H,2-5,9,11H2,1H3,(H,19,21,22). The molecule has 1 aliphatic heterocycles. The van der Waals surface area contributed by atoms with E-state index in [1.807, 2.05) is 6.07 Å². The molecule has 2 fully saturated rings. The summed E-state index contributed by atoms with van der Waals surface area (Å²) in [6.07, 6.45) is 5.00. The van der Waals surface area contributed by atoms with Crippen molar-refractivity contribution in [3.8, 4) is 0 Å². The van der Waals surface area contributed by atoms with Gasteiger partial charge in [0.15, 0.2) is 0 Å². The van der Waals surface area contributed by atoms with Crippen LogP contribution in [-0.4, -0.2) is 27.2 Å². The van der Waals surface area contributed by atoms with E-state index in [2.05, 4.69) is 12.2 Å². The van der Waals surface area contributed by atoms with E-state index in [1.54, 1.807) is 17.8 Å². The van der Waals surface area contributed by atoms with Crippen LogP contribution in [0.25, 0.3) is 0 Å². The molecule has 0 radical (unpaired) electrons. The number of rotatable bonds is 8. The van der Waals surface area contributed by atoms with Gasteiger partial charge < -0.3 is 0 Å². The van der Waals surface area contributed by atoms with Crippen LogP contribution in [0.5, 0.6) is 0 Å². The van der Waals surface area contributed by atoms with Gasteiger partial charge in [-0.15, -0.1) is 11.8 Å². The van der Waals surface area contributed by atoms with E-state index < -0.39 is 9.67 Å². The monoisotopic (exact) mass is 362 g/mol. The molecule has 3 unspecified atom stereocenters. The second kappa shape index (κ2) is 7.15. The minimum Gasteiger partial charge on any atom is -0.295 e. The van der Waals surface area contributed by atoms with Crippen LogP contribution in [0.2, 0.25) is 0 Å². The molecule has 1 aromatic carbocycles. The second-order valence-corrected chi connectivity index (χ2v) is 8.09. The van der Waals surface area contributed by atoms with Crippen molar-refractivity contribution in [3.63, 3.8) is 0 Å². The number of nitro benzene ring substituents is 1. The van der Waals surface area contributed by atoms with E-state index in [0.29, 0.717) is 6.42 Å². The highest BCUT2D eigenvalue weighted by Gasteiger charge is 2.67. The summed E-state index contributed by atoms with van der Waals surface area (Å²) >= 11 is 1.56. The molecule has 1 aliphatic carbocycles. The zero-order chi connectivity index (χ0) is 18.0. The van der Waals surface area contributed by atoms with Crippen LogP contribution < -0.4 is 5.32 Å². The van der Waals surface area contributed by atoms with Crippen LogP contribution in [0.3, 0.4) is 0 Å². The third-order valence-electron chi connectivity index (χ3n) is 5.24. The quantitative estimate of drug-likeness (QED) is 0.331. The van der Waals surface area contributed by atoms with Crippen molar-refractivity contribution in [2.45, 2.75) is 49.7 Å². The Kier molecular flexibility index (Phi) is 5.13. The maximum Gasteiger partial charge on any atom is 0.269 e. The van der Waals surface area contributed by atoms with Crippen molar-refractivity contribution < 1.29 is 14.5 Å². The Balaban J connectivity index is 1.82. The van der Waals surface area contributed by atoms with E-state index in [0.717, 1.165) is 37.0 Å². The first-order valence-corrected chi connectivity index (χ1v) is 9.73. The molecule has 25 heavy (non-hydrogen) atoms. The molecule has 3 atom stereocenters. The minimum absolute atomic E-state index is 0.0220. The number of amides is 2. The fraction of sp³-hybridized carbons (Fsp3) is 0.556. The summed E-state index contributed by atoms with van der Waals surface area (Å²) in [4.78, 5) is 35.3. The molecule has 2 amide bonds. The molecule has 1 heterocycles. The Hall–Kier alpha value is -1.89. The van der Waals surface area contributed by atoms with E-state index in [9.17, 15) is 19.7 Å². The average molecular weight is 362 g/mol. The Morgan fingerprint density at radius 1 is 1.28 bits per heavy atom. The number of non-ortho nitro benzene ring substituents is 1. The van der Waals surface area contributed by atoms with E-state index in [1.165, 1.54) is 12.1 Å².